The molecular formula is C21H31F3N2O. The number of benzene rings is 1. The first-order chi connectivity index (χ1) is 12.7. The van der Waals surface area contributed by atoms with Gasteiger partial charge in [0, 0.05) is 6.07 Å². The minimum absolute atomic E-state index is 0.122. The molecule has 0 saturated carbocycles. The van der Waals surface area contributed by atoms with Crippen molar-refractivity contribution in [3.05, 3.63) is 65.2 Å². The second-order valence-electron chi connectivity index (χ2n) is 5.20. The number of halogens is 3. The second kappa shape index (κ2) is 14.6. The topological polar surface area (TPSA) is 55.1 Å². The van der Waals surface area contributed by atoms with E-state index in [2.05, 4.69) is 25.7 Å². The molecule has 3 N–H and O–H groups in total. The largest absolute Gasteiger partial charge is 0.365 e. The summed E-state index contributed by atoms with van der Waals surface area (Å²) in [5.41, 5.74) is 4.33. The van der Waals surface area contributed by atoms with Crippen molar-refractivity contribution in [1.82, 2.24) is 0 Å². The zero-order valence-electron chi connectivity index (χ0n) is 17.1. The van der Waals surface area contributed by atoms with Crippen LogP contribution >= 0.6 is 0 Å². The van der Waals surface area contributed by atoms with Gasteiger partial charge >= 0.3 is 0 Å². The van der Waals surface area contributed by atoms with Crippen LogP contribution in [-0.2, 0) is 4.79 Å². The number of allylic oxidation sites excluding steroid dienone is 2. The van der Waals surface area contributed by atoms with Gasteiger partial charge in [-0.3, -0.25) is 4.79 Å². The van der Waals surface area contributed by atoms with Crippen molar-refractivity contribution in [2.45, 2.75) is 54.4 Å². The lowest BCUT2D eigenvalue weighted by atomic mass is 10.1. The normalized spacial score (nSPS) is 11.2. The number of hydrogen-bond donors (Lipinski definition) is 2. The van der Waals surface area contributed by atoms with Gasteiger partial charge in [0.25, 0.3) is 5.91 Å². The van der Waals surface area contributed by atoms with Gasteiger partial charge < -0.3 is 11.1 Å². The Balaban J connectivity index is 0. The van der Waals surface area contributed by atoms with Gasteiger partial charge in [-0.2, -0.15) is 0 Å². The summed E-state index contributed by atoms with van der Waals surface area (Å²) in [5, 5.41) is 2.43. The smallest absolute Gasteiger partial charge is 0.253 e. The first kappa shape index (κ1) is 26.7. The first-order valence-electron chi connectivity index (χ1n) is 8.94. The van der Waals surface area contributed by atoms with E-state index in [0.29, 0.717) is 0 Å². The molecule has 1 aromatic carbocycles. The van der Waals surface area contributed by atoms with Crippen molar-refractivity contribution in [3.63, 3.8) is 0 Å². The summed E-state index contributed by atoms with van der Waals surface area (Å²) in [6.07, 6.45) is 4.76. The fourth-order valence-electron chi connectivity index (χ4n) is 1.63. The molecule has 0 saturated heterocycles. The fraction of sp³-hybridized carbons (Fsp3) is 0.381. The molecule has 0 aliphatic carbocycles. The molecule has 0 bridgehead atoms. The van der Waals surface area contributed by atoms with Gasteiger partial charge in [0.05, 0.1) is 17.0 Å². The van der Waals surface area contributed by atoms with E-state index >= 15 is 0 Å². The average Bonchev–Trinajstić information content (AvgIpc) is 2.66. The molecular weight excluding hydrogens is 353 g/mol. The number of amides is 1. The highest BCUT2D eigenvalue weighted by atomic mass is 19.1. The summed E-state index contributed by atoms with van der Waals surface area (Å²) in [6.45, 7) is 14.5. The predicted molar refractivity (Wildman–Crippen MR) is 108 cm³/mol. The number of nitrogens with one attached hydrogen (secondary N) is 1. The molecule has 1 amide bonds. The van der Waals surface area contributed by atoms with E-state index < -0.39 is 28.9 Å². The lowest BCUT2D eigenvalue weighted by molar-refractivity contribution is -0.114. The fourth-order valence-corrected chi connectivity index (χ4v) is 1.63. The van der Waals surface area contributed by atoms with E-state index in [4.69, 9.17) is 5.73 Å². The lowest BCUT2D eigenvalue weighted by Gasteiger charge is -2.13. The number of carbonyl (C=O) groups excluding carboxylic acids is 1. The number of rotatable bonds is 6. The van der Waals surface area contributed by atoms with Crippen LogP contribution in [0.2, 0.25) is 0 Å². The highest BCUT2D eigenvalue weighted by Crippen LogP contribution is 2.24. The molecule has 0 aliphatic rings. The number of unbranched alkanes of at least 4 members (excludes halogenated alkanes) is 1. The Kier molecular flexibility index (Phi) is 14.5. The number of carbonyl (C=O) groups is 1. The molecule has 3 nitrogen and oxygen atoms in total. The summed E-state index contributed by atoms with van der Waals surface area (Å²) < 4.78 is 40.9. The van der Waals surface area contributed by atoms with Crippen LogP contribution in [0.4, 0.5) is 18.9 Å². The minimum atomic E-state index is -1.05. The maximum Gasteiger partial charge on any atom is 0.253 e. The lowest BCUT2D eigenvalue weighted by Crippen LogP contribution is -2.19. The number of anilines is 1. The molecule has 1 rings (SSSR count). The van der Waals surface area contributed by atoms with Crippen LogP contribution in [-0.4, -0.2) is 5.91 Å². The van der Waals surface area contributed by atoms with Crippen LogP contribution in [0.25, 0.3) is 0 Å². The third-order valence-corrected chi connectivity index (χ3v) is 3.23. The van der Waals surface area contributed by atoms with Gasteiger partial charge in [-0.15, -0.1) is 0 Å². The zero-order valence-corrected chi connectivity index (χ0v) is 17.1. The second-order valence-corrected chi connectivity index (χ2v) is 5.20. The van der Waals surface area contributed by atoms with Crippen molar-refractivity contribution in [3.8, 4) is 0 Å². The van der Waals surface area contributed by atoms with Gasteiger partial charge in [-0.25, -0.2) is 13.2 Å². The highest BCUT2D eigenvalue weighted by molar-refractivity contribution is 5.97. The van der Waals surface area contributed by atoms with E-state index in [1.54, 1.807) is 0 Å². The molecule has 0 heterocycles. The van der Waals surface area contributed by atoms with Crippen molar-refractivity contribution in [2.24, 2.45) is 5.73 Å². The van der Waals surface area contributed by atoms with Gasteiger partial charge in [0.2, 0.25) is 0 Å². The number of nitrogens with two attached hydrogens (primary N) is 1. The Morgan fingerprint density at radius 3 is 2.07 bits per heavy atom. The Hall–Kier alpha value is -2.50. The third-order valence-electron chi connectivity index (χ3n) is 3.23. The van der Waals surface area contributed by atoms with Crippen LogP contribution in [0.5, 0.6) is 0 Å². The summed E-state index contributed by atoms with van der Waals surface area (Å²) in [7, 11) is 0. The average molecular weight is 384 g/mol. The maximum atomic E-state index is 13.8. The Labute approximate surface area is 160 Å². The van der Waals surface area contributed by atoms with Crippen LogP contribution < -0.4 is 11.1 Å². The standard InChI is InChI=1S/C15H15F3N2O.C4H10.C2H6/c1-4-9(16)14(15(19)21)12(5-2)20-13-7-10(17)8(3)6-11(13)18;1-3-4-2;1-2/h4-7,20H,2H2,1,3H3,(H2,19,21);3-4H2,1-2H3;1-2H3/b9-4+,14-12-;;. The highest BCUT2D eigenvalue weighted by Gasteiger charge is 2.17. The van der Waals surface area contributed by atoms with E-state index in [1.807, 2.05) is 13.8 Å². The minimum Gasteiger partial charge on any atom is -0.365 e. The summed E-state index contributed by atoms with van der Waals surface area (Å²) >= 11 is 0. The molecule has 0 spiro atoms. The molecule has 0 aliphatic heterocycles. The first-order valence-corrected chi connectivity index (χ1v) is 8.94. The van der Waals surface area contributed by atoms with Crippen LogP contribution in [0.3, 0.4) is 0 Å². The molecule has 1 aromatic rings. The van der Waals surface area contributed by atoms with E-state index in [0.717, 1.165) is 24.3 Å². The van der Waals surface area contributed by atoms with Gasteiger partial charge in [0.1, 0.15) is 17.5 Å². The van der Waals surface area contributed by atoms with Crippen molar-refractivity contribution >= 4 is 11.6 Å². The molecule has 0 aromatic heterocycles. The van der Waals surface area contributed by atoms with Crippen LogP contribution in [0.1, 0.15) is 53.0 Å². The maximum absolute atomic E-state index is 13.8. The third kappa shape index (κ3) is 9.13. The molecule has 6 heteroatoms. The van der Waals surface area contributed by atoms with Crippen molar-refractivity contribution in [1.29, 1.82) is 0 Å². The quantitative estimate of drug-likeness (QED) is 0.446. The van der Waals surface area contributed by atoms with Gasteiger partial charge in [0.15, 0.2) is 0 Å². The van der Waals surface area contributed by atoms with E-state index in [-0.39, 0.29) is 16.9 Å². The SMILES string of the molecule is C=C/C(Nc1cc(F)c(C)cc1F)=C(C(N)=O)\C(F)=C/C.CC.CCCC. The van der Waals surface area contributed by atoms with Gasteiger partial charge in [-0.1, -0.05) is 53.2 Å². The monoisotopic (exact) mass is 384 g/mol. The summed E-state index contributed by atoms with van der Waals surface area (Å²) in [6, 6.07) is 1.88. The Morgan fingerprint density at radius 2 is 1.70 bits per heavy atom. The molecule has 0 atom stereocenters. The molecule has 0 fully saturated rings. The van der Waals surface area contributed by atoms with E-state index in [1.165, 1.54) is 26.7 Å². The zero-order chi connectivity index (χ0) is 21.6. The molecule has 0 radical (unpaired) electrons. The van der Waals surface area contributed by atoms with Crippen molar-refractivity contribution < 1.29 is 18.0 Å². The number of aryl methyl sites for hydroxylation is 1. The van der Waals surface area contributed by atoms with Gasteiger partial charge in [-0.05, 0) is 31.6 Å². The van der Waals surface area contributed by atoms with Crippen LogP contribution in [0.15, 0.2) is 48.0 Å². The summed E-state index contributed by atoms with van der Waals surface area (Å²) in [5.74, 6) is -3.34. The summed E-state index contributed by atoms with van der Waals surface area (Å²) in [4.78, 5) is 11.3. The number of primary amides is 1. The Morgan fingerprint density at radius 1 is 1.19 bits per heavy atom. The number of hydrogen-bond acceptors (Lipinski definition) is 2. The predicted octanol–water partition coefficient (Wildman–Crippen LogP) is 6.32. The molecule has 152 valence electrons. The van der Waals surface area contributed by atoms with Crippen molar-refractivity contribution in [2.75, 3.05) is 5.32 Å². The Bertz CT molecular complexity index is 678. The van der Waals surface area contributed by atoms with Crippen LogP contribution in [0, 0.1) is 18.6 Å². The molecule has 0 unspecified atom stereocenters. The molecule has 27 heavy (non-hydrogen) atoms. The van der Waals surface area contributed by atoms with E-state index in [9.17, 15) is 18.0 Å².